The van der Waals surface area contributed by atoms with E-state index >= 15 is 0 Å². The van der Waals surface area contributed by atoms with Gasteiger partial charge in [0.05, 0.1) is 0 Å². The molecule has 1 aromatic rings. The molecular formula is C13H16FNO. The van der Waals surface area contributed by atoms with Crippen LogP contribution in [0.15, 0.2) is 24.3 Å². The summed E-state index contributed by atoms with van der Waals surface area (Å²) in [4.78, 5) is 10.6. The summed E-state index contributed by atoms with van der Waals surface area (Å²) in [5, 5.41) is 2.68. The lowest BCUT2D eigenvalue weighted by Gasteiger charge is -2.01. The van der Waals surface area contributed by atoms with Crippen LogP contribution in [0.4, 0.5) is 4.39 Å². The van der Waals surface area contributed by atoms with Crippen molar-refractivity contribution in [3.8, 4) is 0 Å². The van der Waals surface area contributed by atoms with Crippen LogP contribution in [0.2, 0.25) is 0 Å². The van der Waals surface area contributed by atoms with Crippen LogP contribution in [0.25, 0.3) is 6.08 Å². The fraction of sp³-hybridized carbons (Fsp3) is 0.308. The van der Waals surface area contributed by atoms with Gasteiger partial charge in [0, 0.05) is 19.0 Å². The number of amides is 1. The molecule has 0 aliphatic heterocycles. The number of halogens is 1. The highest BCUT2D eigenvalue weighted by molar-refractivity contribution is 5.72. The van der Waals surface area contributed by atoms with Crippen molar-refractivity contribution in [3.63, 3.8) is 0 Å². The minimum atomic E-state index is -0.212. The first-order chi connectivity index (χ1) is 7.61. The Balaban J connectivity index is 2.53. The van der Waals surface area contributed by atoms with Crippen molar-refractivity contribution in [1.29, 1.82) is 0 Å². The summed E-state index contributed by atoms with van der Waals surface area (Å²) < 4.78 is 13.4. The van der Waals surface area contributed by atoms with E-state index in [2.05, 4.69) is 5.32 Å². The lowest BCUT2D eigenvalue weighted by molar-refractivity contribution is -0.118. The predicted molar refractivity (Wildman–Crippen MR) is 63.5 cm³/mol. The molecule has 1 amide bonds. The zero-order chi connectivity index (χ0) is 12.0. The number of hydrogen-bond acceptors (Lipinski definition) is 1. The van der Waals surface area contributed by atoms with Crippen molar-refractivity contribution < 1.29 is 9.18 Å². The lowest BCUT2D eigenvalue weighted by Crippen LogP contribution is -2.20. The summed E-state index contributed by atoms with van der Waals surface area (Å²) in [6, 6.07) is 5.01. The molecule has 2 nitrogen and oxygen atoms in total. The van der Waals surface area contributed by atoms with E-state index in [-0.39, 0.29) is 11.7 Å². The summed E-state index contributed by atoms with van der Waals surface area (Å²) in [6.07, 6.45) is 4.32. The number of hydrogen-bond donors (Lipinski definition) is 1. The van der Waals surface area contributed by atoms with Gasteiger partial charge in [-0.15, -0.1) is 0 Å². The van der Waals surface area contributed by atoms with Gasteiger partial charge < -0.3 is 5.32 Å². The second-order valence-electron chi connectivity index (χ2n) is 3.64. The first-order valence-electron chi connectivity index (χ1n) is 5.27. The van der Waals surface area contributed by atoms with Crippen LogP contribution in [0.5, 0.6) is 0 Å². The highest BCUT2D eigenvalue weighted by Crippen LogP contribution is 2.14. The fourth-order valence-electron chi connectivity index (χ4n) is 1.39. The van der Waals surface area contributed by atoms with Crippen molar-refractivity contribution in [1.82, 2.24) is 5.32 Å². The Bertz CT molecular complexity index is 379. The van der Waals surface area contributed by atoms with Gasteiger partial charge in [0.1, 0.15) is 5.82 Å². The number of aryl methyl sites for hydroxylation is 1. The molecule has 0 saturated heterocycles. The smallest absolute Gasteiger partial charge is 0.216 e. The molecule has 0 aliphatic rings. The van der Waals surface area contributed by atoms with Gasteiger partial charge >= 0.3 is 0 Å². The highest BCUT2D eigenvalue weighted by Gasteiger charge is 1.99. The Morgan fingerprint density at radius 2 is 2.25 bits per heavy atom. The average Bonchev–Trinajstić information content (AvgIpc) is 2.21. The fourth-order valence-corrected chi connectivity index (χ4v) is 1.39. The maximum absolute atomic E-state index is 13.4. The molecule has 0 fully saturated rings. The van der Waals surface area contributed by atoms with Crippen molar-refractivity contribution in [3.05, 3.63) is 41.2 Å². The van der Waals surface area contributed by atoms with Gasteiger partial charge in [-0.1, -0.05) is 24.3 Å². The third kappa shape index (κ3) is 3.85. The Labute approximate surface area is 95.2 Å². The maximum Gasteiger partial charge on any atom is 0.216 e. The summed E-state index contributed by atoms with van der Waals surface area (Å²) in [5.74, 6) is -0.258. The summed E-state index contributed by atoms with van der Waals surface area (Å²) in [6.45, 7) is 3.93. The molecule has 0 aliphatic carbocycles. The molecule has 16 heavy (non-hydrogen) atoms. The molecule has 1 aromatic carbocycles. The largest absolute Gasteiger partial charge is 0.356 e. The van der Waals surface area contributed by atoms with Crippen LogP contribution in [-0.2, 0) is 4.79 Å². The molecule has 0 spiro atoms. The molecule has 86 valence electrons. The van der Waals surface area contributed by atoms with Crippen molar-refractivity contribution in [2.75, 3.05) is 6.54 Å². The SMILES string of the molecule is CC(=O)NCCC=Cc1c(C)cccc1F. The molecule has 0 heterocycles. The first kappa shape index (κ1) is 12.4. The van der Waals surface area contributed by atoms with Gasteiger partial charge in [-0.25, -0.2) is 4.39 Å². The molecule has 1 rings (SSSR count). The number of carbonyl (C=O) groups excluding carboxylic acids is 1. The number of nitrogens with one attached hydrogen (secondary N) is 1. The Morgan fingerprint density at radius 1 is 1.50 bits per heavy atom. The third-order valence-electron chi connectivity index (χ3n) is 2.24. The van der Waals surface area contributed by atoms with E-state index in [9.17, 15) is 9.18 Å². The van der Waals surface area contributed by atoms with E-state index < -0.39 is 0 Å². The Morgan fingerprint density at radius 3 is 2.88 bits per heavy atom. The van der Waals surface area contributed by atoms with Gasteiger partial charge in [0.15, 0.2) is 0 Å². The van der Waals surface area contributed by atoms with E-state index in [0.717, 1.165) is 5.56 Å². The zero-order valence-corrected chi connectivity index (χ0v) is 9.59. The monoisotopic (exact) mass is 221 g/mol. The second-order valence-corrected chi connectivity index (χ2v) is 3.64. The second kappa shape index (κ2) is 6.05. The molecule has 3 heteroatoms. The zero-order valence-electron chi connectivity index (χ0n) is 9.59. The molecule has 0 bridgehead atoms. The van der Waals surface area contributed by atoms with Crippen LogP contribution >= 0.6 is 0 Å². The van der Waals surface area contributed by atoms with Crippen LogP contribution in [0.1, 0.15) is 24.5 Å². The van der Waals surface area contributed by atoms with Crippen molar-refractivity contribution in [2.45, 2.75) is 20.3 Å². The minimum absolute atomic E-state index is 0.0459. The van der Waals surface area contributed by atoms with Crippen LogP contribution in [-0.4, -0.2) is 12.5 Å². The van der Waals surface area contributed by atoms with Gasteiger partial charge in [-0.3, -0.25) is 4.79 Å². The van der Waals surface area contributed by atoms with Crippen molar-refractivity contribution in [2.24, 2.45) is 0 Å². The van der Waals surface area contributed by atoms with Crippen LogP contribution < -0.4 is 5.32 Å². The number of rotatable bonds is 4. The standard InChI is InChI=1S/C13H16FNO/c1-10-6-5-8-13(14)12(10)7-3-4-9-15-11(2)16/h3,5-8H,4,9H2,1-2H3,(H,15,16). The Hall–Kier alpha value is -1.64. The topological polar surface area (TPSA) is 29.1 Å². The summed E-state index contributed by atoms with van der Waals surface area (Å²) >= 11 is 0. The average molecular weight is 221 g/mol. The molecule has 0 aromatic heterocycles. The predicted octanol–water partition coefficient (Wildman–Crippen LogP) is 2.67. The highest BCUT2D eigenvalue weighted by atomic mass is 19.1. The third-order valence-corrected chi connectivity index (χ3v) is 2.24. The van der Waals surface area contributed by atoms with Gasteiger partial charge in [0.2, 0.25) is 5.91 Å². The van der Waals surface area contributed by atoms with Crippen molar-refractivity contribution >= 4 is 12.0 Å². The first-order valence-corrected chi connectivity index (χ1v) is 5.27. The normalized spacial score (nSPS) is 10.7. The molecule has 0 atom stereocenters. The lowest BCUT2D eigenvalue weighted by atomic mass is 10.1. The molecule has 1 N–H and O–H groups in total. The number of carbonyl (C=O) groups is 1. The minimum Gasteiger partial charge on any atom is -0.356 e. The summed E-state index contributed by atoms with van der Waals surface area (Å²) in [7, 11) is 0. The molecule has 0 saturated carbocycles. The van der Waals surface area contributed by atoms with E-state index in [0.29, 0.717) is 18.5 Å². The number of benzene rings is 1. The molecule has 0 radical (unpaired) electrons. The van der Waals surface area contributed by atoms with E-state index in [1.807, 2.05) is 19.1 Å². The van der Waals surface area contributed by atoms with Gasteiger partial charge in [-0.05, 0) is 25.0 Å². The van der Waals surface area contributed by atoms with Crippen LogP contribution in [0, 0.1) is 12.7 Å². The van der Waals surface area contributed by atoms with Gasteiger partial charge in [0.25, 0.3) is 0 Å². The summed E-state index contributed by atoms with van der Waals surface area (Å²) in [5.41, 5.74) is 1.53. The van der Waals surface area contributed by atoms with E-state index in [1.165, 1.54) is 13.0 Å². The Kier molecular flexibility index (Phi) is 4.70. The van der Waals surface area contributed by atoms with Crippen LogP contribution in [0.3, 0.4) is 0 Å². The quantitative estimate of drug-likeness (QED) is 0.778. The molecule has 0 unspecified atom stereocenters. The van der Waals surface area contributed by atoms with E-state index in [4.69, 9.17) is 0 Å². The maximum atomic E-state index is 13.4. The molecular weight excluding hydrogens is 205 g/mol. The van der Waals surface area contributed by atoms with E-state index in [1.54, 1.807) is 12.1 Å². The van der Waals surface area contributed by atoms with Gasteiger partial charge in [-0.2, -0.15) is 0 Å².